The first-order chi connectivity index (χ1) is 4.74. The zero-order valence-corrected chi connectivity index (χ0v) is 6.75. The summed E-state index contributed by atoms with van der Waals surface area (Å²) in [6.07, 6.45) is 5.51. The molecule has 1 N–H and O–H groups in total. The second-order valence-electron chi connectivity index (χ2n) is 3.40. The van der Waals surface area contributed by atoms with Crippen molar-refractivity contribution in [3.05, 3.63) is 12.2 Å². The summed E-state index contributed by atoms with van der Waals surface area (Å²) in [4.78, 5) is 0. The third kappa shape index (κ3) is 1.60. The number of hydrogen-bond donors (Lipinski definition) is 1. The first-order valence-corrected chi connectivity index (χ1v) is 4.03. The van der Waals surface area contributed by atoms with Crippen LogP contribution >= 0.6 is 0 Å². The first kappa shape index (κ1) is 7.80. The van der Waals surface area contributed by atoms with E-state index in [0.717, 1.165) is 12.3 Å². The fourth-order valence-corrected chi connectivity index (χ4v) is 1.43. The van der Waals surface area contributed by atoms with E-state index in [0.29, 0.717) is 18.4 Å². The monoisotopic (exact) mass is 140 g/mol. The van der Waals surface area contributed by atoms with Gasteiger partial charge in [0, 0.05) is 12.5 Å². The molecule has 0 spiro atoms. The lowest BCUT2D eigenvalue weighted by atomic mass is 9.81. The molecule has 0 bridgehead atoms. The molecular weight excluding hydrogens is 124 g/mol. The first-order valence-electron chi connectivity index (χ1n) is 4.03. The molecule has 58 valence electrons. The van der Waals surface area contributed by atoms with Crippen molar-refractivity contribution in [2.24, 2.45) is 17.8 Å². The van der Waals surface area contributed by atoms with Gasteiger partial charge in [-0.1, -0.05) is 26.0 Å². The SMILES string of the molecule is C[C@@H]1C=C[C@H](CO)C[C@H]1C. The van der Waals surface area contributed by atoms with Gasteiger partial charge in [0.25, 0.3) is 0 Å². The van der Waals surface area contributed by atoms with Crippen LogP contribution in [0, 0.1) is 17.8 Å². The number of rotatable bonds is 1. The normalized spacial score (nSPS) is 40.1. The maximum absolute atomic E-state index is 8.84. The van der Waals surface area contributed by atoms with Crippen LogP contribution in [0.25, 0.3) is 0 Å². The minimum absolute atomic E-state index is 0.313. The van der Waals surface area contributed by atoms with Crippen LogP contribution in [0.3, 0.4) is 0 Å². The highest BCUT2D eigenvalue weighted by atomic mass is 16.3. The van der Waals surface area contributed by atoms with Crippen molar-refractivity contribution < 1.29 is 5.11 Å². The lowest BCUT2D eigenvalue weighted by molar-refractivity contribution is 0.214. The molecule has 1 rings (SSSR count). The van der Waals surface area contributed by atoms with Gasteiger partial charge in [-0.2, -0.15) is 0 Å². The summed E-state index contributed by atoms with van der Waals surface area (Å²) in [5, 5.41) is 8.84. The molecule has 1 aliphatic rings. The summed E-state index contributed by atoms with van der Waals surface area (Å²) < 4.78 is 0. The molecule has 0 aromatic carbocycles. The highest BCUT2D eigenvalue weighted by Gasteiger charge is 2.18. The molecule has 1 heteroatoms. The molecule has 0 aliphatic heterocycles. The molecular formula is C9H16O. The van der Waals surface area contributed by atoms with Crippen LogP contribution in [0.5, 0.6) is 0 Å². The Bertz CT molecular complexity index is 129. The van der Waals surface area contributed by atoms with Crippen molar-refractivity contribution in [1.29, 1.82) is 0 Å². The zero-order valence-electron chi connectivity index (χ0n) is 6.75. The molecule has 0 saturated carbocycles. The highest BCUT2D eigenvalue weighted by Crippen LogP contribution is 2.26. The summed E-state index contributed by atoms with van der Waals surface area (Å²) in [6.45, 7) is 4.79. The average Bonchev–Trinajstić information content (AvgIpc) is 1.95. The van der Waals surface area contributed by atoms with Crippen molar-refractivity contribution in [3.8, 4) is 0 Å². The summed E-state index contributed by atoms with van der Waals surface area (Å²) in [5.41, 5.74) is 0. The van der Waals surface area contributed by atoms with Gasteiger partial charge in [0.2, 0.25) is 0 Å². The van der Waals surface area contributed by atoms with E-state index >= 15 is 0 Å². The average molecular weight is 140 g/mol. The minimum Gasteiger partial charge on any atom is -0.396 e. The fraction of sp³-hybridized carbons (Fsp3) is 0.778. The maximum Gasteiger partial charge on any atom is 0.0493 e. The van der Waals surface area contributed by atoms with E-state index in [2.05, 4.69) is 26.0 Å². The fourth-order valence-electron chi connectivity index (χ4n) is 1.43. The molecule has 0 fully saturated rings. The van der Waals surface area contributed by atoms with Crippen LogP contribution in [0.15, 0.2) is 12.2 Å². The second kappa shape index (κ2) is 3.20. The van der Waals surface area contributed by atoms with Crippen molar-refractivity contribution in [3.63, 3.8) is 0 Å². The third-order valence-electron chi connectivity index (χ3n) is 2.49. The van der Waals surface area contributed by atoms with Gasteiger partial charge in [0.15, 0.2) is 0 Å². The number of allylic oxidation sites excluding steroid dienone is 1. The quantitative estimate of drug-likeness (QED) is 0.551. The Balaban J connectivity index is 2.51. The molecule has 0 aromatic rings. The molecule has 1 nitrogen and oxygen atoms in total. The van der Waals surface area contributed by atoms with E-state index < -0.39 is 0 Å². The van der Waals surface area contributed by atoms with Crippen molar-refractivity contribution >= 4 is 0 Å². The van der Waals surface area contributed by atoms with Gasteiger partial charge >= 0.3 is 0 Å². The summed E-state index contributed by atoms with van der Waals surface area (Å²) >= 11 is 0. The van der Waals surface area contributed by atoms with Crippen molar-refractivity contribution in [1.82, 2.24) is 0 Å². The Morgan fingerprint density at radius 2 is 2.10 bits per heavy atom. The number of aliphatic hydroxyl groups is 1. The number of aliphatic hydroxyl groups excluding tert-OH is 1. The standard InChI is InChI=1S/C9H16O/c1-7-3-4-9(6-10)5-8(7)2/h3-4,7-10H,5-6H2,1-2H3/t7-,8-,9+/m1/s1. The largest absolute Gasteiger partial charge is 0.396 e. The maximum atomic E-state index is 8.84. The van der Waals surface area contributed by atoms with Crippen molar-refractivity contribution in [2.45, 2.75) is 20.3 Å². The smallest absolute Gasteiger partial charge is 0.0493 e. The van der Waals surface area contributed by atoms with Crippen LogP contribution in [0.1, 0.15) is 20.3 Å². The van der Waals surface area contributed by atoms with E-state index in [1.54, 1.807) is 0 Å². The highest BCUT2D eigenvalue weighted by molar-refractivity contribution is 4.98. The predicted molar refractivity (Wildman–Crippen MR) is 42.7 cm³/mol. The summed E-state index contributed by atoms with van der Waals surface area (Å²) in [5.74, 6) is 1.86. The van der Waals surface area contributed by atoms with E-state index in [4.69, 9.17) is 5.11 Å². The van der Waals surface area contributed by atoms with Crippen LogP contribution < -0.4 is 0 Å². The molecule has 10 heavy (non-hydrogen) atoms. The predicted octanol–water partition coefficient (Wildman–Crippen LogP) is 1.83. The Kier molecular flexibility index (Phi) is 2.50. The van der Waals surface area contributed by atoms with E-state index in [-0.39, 0.29) is 0 Å². The molecule has 1 aliphatic carbocycles. The Morgan fingerprint density at radius 3 is 2.60 bits per heavy atom. The molecule has 3 atom stereocenters. The number of hydrogen-bond acceptors (Lipinski definition) is 1. The molecule has 0 radical (unpaired) electrons. The van der Waals surface area contributed by atoms with Crippen LogP contribution in [-0.4, -0.2) is 11.7 Å². The Morgan fingerprint density at radius 1 is 1.40 bits per heavy atom. The Hall–Kier alpha value is -0.300. The van der Waals surface area contributed by atoms with Crippen LogP contribution in [0.4, 0.5) is 0 Å². The summed E-state index contributed by atoms with van der Waals surface area (Å²) in [6, 6.07) is 0. The third-order valence-corrected chi connectivity index (χ3v) is 2.49. The molecule has 0 heterocycles. The zero-order chi connectivity index (χ0) is 7.56. The van der Waals surface area contributed by atoms with Crippen molar-refractivity contribution in [2.75, 3.05) is 6.61 Å². The van der Waals surface area contributed by atoms with Gasteiger partial charge in [-0.25, -0.2) is 0 Å². The van der Waals surface area contributed by atoms with E-state index in [1.807, 2.05) is 0 Å². The minimum atomic E-state index is 0.313. The van der Waals surface area contributed by atoms with Gasteiger partial charge in [0.1, 0.15) is 0 Å². The van der Waals surface area contributed by atoms with Gasteiger partial charge < -0.3 is 5.11 Å². The van der Waals surface area contributed by atoms with Gasteiger partial charge in [-0.05, 0) is 18.3 Å². The molecule has 0 saturated heterocycles. The van der Waals surface area contributed by atoms with E-state index in [1.165, 1.54) is 0 Å². The van der Waals surface area contributed by atoms with Crippen LogP contribution in [-0.2, 0) is 0 Å². The topological polar surface area (TPSA) is 20.2 Å². The molecule has 0 amide bonds. The second-order valence-corrected chi connectivity index (χ2v) is 3.40. The van der Waals surface area contributed by atoms with Crippen LogP contribution in [0.2, 0.25) is 0 Å². The lowest BCUT2D eigenvalue weighted by Crippen LogP contribution is -2.17. The van der Waals surface area contributed by atoms with Gasteiger partial charge in [-0.3, -0.25) is 0 Å². The molecule has 0 aromatic heterocycles. The lowest BCUT2D eigenvalue weighted by Gasteiger charge is -2.25. The molecule has 0 unspecified atom stereocenters. The Labute approximate surface area is 62.8 Å². The van der Waals surface area contributed by atoms with Gasteiger partial charge in [-0.15, -0.1) is 0 Å². The van der Waals surface area contributed by atoms with Gasteiger partial charge in [0.05, 0.1) is 0 Å². The van der Waals surface area contributed by atoms with E-state index in [9.17, 15) is 0 Å². The summed E-state index contributed by atoms with van der Waals surface area (Å²) in [7, 11) is 0.